The van der Waals surface area contributed by atoms with Gasteiger partial charge in [-0.3, -0.25) is 4.79 Å². The first-order valence-electron chi connectivity index (χ1n) is 7.86. The molecule has 0 spiro atoms. The highest BCUT2D eigenvalue weighted by atomic mass is 35.5. The zero-order valence-corrected chi connectivity index (χ0v) is 16.3. The molecule has 1 aromatic carbocycles. The fraction of sp³-hybridized carbons (Fsp3) is 0.562. The number of sulfonamides is 1. The molecule has 0 unspecified atom stereocenters. The summed E-state index contributed by atoms with van der Waals surface area (Å²) in [5, 5.41) is 0.564. The molecule has 1 amide bonds. The smallest absolute Gasteiger partial charge is 0.243 e. The summed E-state index contributed by atoms with van der Waals surface area (Å²) in [6.45, 7) is 4.55. The second-order valence-electron chi connectivity index (χ2n) is 6.33. The first kappa shape index (κ1) is 19.5. The lowest BCUT2D eigenvalue weighted by Crippen LogP contribution is -2.44. The molecule has 134 valence electrons. The van der Waals surface area contributed by atoms with Crippen LogP contribution in [-0.4, -0.2) is 49.7 Å². The minimum absolute atomic E-state index is 0.0767. The Labute approximate surface area is 153 Å². The van der Waals surface area contributed by atoms with E-state index in [0.717, 1.165) is 0 Å². The van der Waals surface area contributed by atoms with Gasteiger partial charge in [0.1, 0.15) is 0 Å². The summed E-state index contributed by atoms with van der Waals surface area (Å²) in [6.07, 6.45) is 1.03. The van der Waals surface area contributed by atoms with Gasteiger partial charge in [-0.05, 0) is 44.9 Å². The lowest BCUT2D eigenvalue weighted by atomic mass is 9.96. The number of carbonyl (C=O) groups excluding carboxylic acids is 1. The van der Waals surface area contributed by atoms with Gasteiger partial charge in [0.2, 0.25) is 15.9 Å². The van der Waals surface area contributed by atoms with Crippen molar-refractivity contribution in [1.82, 2.24) is 9.21 Å². The molecule has 0 radical (unpaired) electrons. The van der Waals surface area contributed by atoms with Crippen molar-refractivity contribution in [2.45, 2.75) is 37.6 Å². The van der Waals surface area contributed by atoms with Crippen molar-refractivity contribution in [3.05, 3.63) is 28.2 Å². The van der Waals surface area contributed by atoms with Gasteiger partial charge in [0.05, 0.1) is 4.90 Å². The van der Waals surface area contributed by atoms with Gasteiger partial charge in [-0.15, -0.1) is 0 Å². The Morgan fingerprint density at radius 1 is 1.17 bits per heavy atom. The van der Waals surface area contributed by atoms with Gasteiger partial charge in [-0.2, -0.15) is 4.31 Å². The van der Waals surface area contributed by atoms with Crippen molar-refractivity contribution in [2.24, 2.45) is 5.92 Å². The Kier molecular flexibility index (Phi) is 6.18. The van der Waals surface area contributed by atoms with E-state index in [2.05, 4.69) is 0 Å². The summed E-state index contributed by atoms with van der Waals surface area (Å²) in [7, 11) is -1.87. The SMILES string of the molecule is CC(C)N(C)C(=O)C1CCN(S(=O)(=O)c2cc(Cl)cc(Cl)c2)CC1. The molecule has 24 heavy (non-hydrogen) atoms. The van der Waals surface area contributed by atoms with Crippen LogP contribution in [0.15, 0.2) is 23.1 Å². The van der Waals surface area contributed by atoms with Crippen LogP contribution in [-0.2, 0) is 14.8 Å². The van der Waals surface area contributed by atoms with Crippen LogP contribution < -0.4 is 0 Å². The second-order valence-corrected chi connectivity index (χ2v) is 9.14. The van der Waals surface area contributed by atoms with Crippen molar-refractivity contribution in [3.8, 4) is 0 Å². The van der Waals surface area contributed by atoms with E-state index >= 15 is 0 Å². The molecular formula is C16H22Cl2N2O3S. The van der Waals surface area contributed by atoms with E-state index in [-0.39, 0.29) is 32.8 Å². The van der Waals surface area contributed by atoms with Crippen LogP contribution in [0.3, 0.4) is 0 Å². The minimum Gasteiger partial charge on any atom is -0.343 e. The van der Waals surface area contributed by atoms with Crippen LogP contribution in [0.5, 0.6) is 0 Å². The second kappa shape index (κ2) is 7.60. The summed E-state index contributed by atoms with van der Waals surface area (Å²) in [5.41, 5.74) is 0. The maximum absolute atomic E-state index is 12.7. The number of hydrogen-bond acceptors (Lipinski definition) is 3. The maximum atomic E-state index is 12.7. The molecular weight excluding hydrogens is 371 g/mol. The van der Waals surface area contributed by atoms with Gasteiger partial charge in [0.15, 0.2) is 0 Å². The van der Waals surface area contributed by atoms with Crippen molar-refractivity contribution in [2.75, 3.05) is 20.1 Å². The topological polar surface area (TPSA) is 57.7 Å². The molecule has 0 aromatic heterocycles. The molecule has 0 saturated carbocycles. The summed E-state index contributed by atoms with van der Waals surface area (Å²) < 4.78 is 26.8. The first-order chi connectivity index (χ1) is 11.1. The largest absolute Gasteiger partial charge is 0.343 e. The third kappa shape index (κ3) is 4.23. The van der Waals surface area contributed by atoms with E-state index in [4.69, 9.17) is 23.2 Å². The Morgan fingerprint density at radius 2 is 1.67 bits per heavy atom. The number of carbonyl (C=O) groups is 1. The molecule has 1 aliphatic rings. The average Bonchev–Trinajstić information content (AvgIpc) is 2.52. The Morgan fingerprint density at radius 3 is 2.12 bits per heavy atom. The third-order valence-electron chi connectivity index (χ3n) is 4.40. The Balaban J connectivity index is 2.10. The van der Waals surface area contributed by atoms with E-state index in [0.29, 0.717) is 25.9 Å². The minimum atomic E-state index is -3.65. The maximum Gasteiger partial charge on any atom is 0.243 e. The standard InChI is InChI=1S/C16H22Cl2N2O3S/c1-11(2)19(3)16(21)12-4-6-20(7-5-12)24(22,23)15-9-13(17)8-14(18)10-15/h8-12H,4-7H2,1-3H3. The van der Waals surface area contributed by atoms with E-state index in [1.807, 2.05) is 13.8 Å². The molecule has 1 fully saturated rings. The van der Waals surface area contributed by atoms with Gasteiger partial charge in [0.25, 0.3) is 0 Å². The van der Waals surface area contributed by atoms with Crippen molar-refractivity contribution < 1.29 is 13.2 Å². The predicted octanol–water partition coefficient (Wildman–Crippen LogP) is 3.26. The number of nitrogens with zero attached hydrogens (tertiary/aromatic N) is 2. The summed E-state index contributed by atoms with van der Waals surface area (Å²) in [6, 6.07) is 4.42. The van der Waals surface area contributed by atoms with Crippen molar-refractivity contribution >= 4 is 39.1 Å². The molecule has 0 bridgehead atoms. The molecule has 2 rings (SSSR count). The monoisotopic (exact) mass is 392 g/mol. The molecule has 1 aliphatic heterocycles. The highest BCUT2D eigenvalue weighted by molar-refractivity contribution is 7.89. The molecule has 0 N–H and O–H groups in total. The number of piperidine rings is 1. The van der Waals surface area contributed by atoms with Gasteiger partial charge < -0.3 is 4.90 Å². The Hall–Kier alpha value is -0.820. The predicted molar refractivity (Wildman–Crippen MR) is 95.9 cm³/mol. The Bertz CT molecular complexity index is 694. The number of hydrogen-bond donors (Lipinski definition) is 0. The van der Waals surface area contributed by atoms with Crippen LogP contribution in [0.4, 0.5) is 0 Å². The highest BCUT2D eigenvalue weighted by Crippen LogP contribution is 2.28. The van der Waals surface area contributed by atoms with E-state index in [1.165, 1.54) is 22.5 Å². The molecule has 5 nitrogen and oxygen atoms in total. The lowest BCUT2D eigenvalue weighted by Gasteiger charge is -2.33. The molecule has 1 saturated heterocycles. The van der Waals surface area contributed by atoms with Crippen molar-refractivity contribution in [1.29, 1.82) is 0 Å². The molecule has 1 aromatic rings. The number of benzene rings is 1. The van der Waals surface area contributed by atoms with Crippen LogP contribution >= 0.6 is 23.2 Å². The zero-order chi connectivity index (χ0) is 18.1. The highest BCUT2D eigenvalue weighted by Gasteiger charge is 2.33. The quantitative estimate of drug-likeness (QED) is 0.789. The molecule has 0 aliphatic carbocycles. The van der Waals surface area contributed by atoms with Crippen LogP contribution in [0, 0.1) is 5.92 Å². The normalized spacial score (nSPS) is 17.2. The molecule has 0 atom stereocenters. The van der Waals surface area contributed by atoms with E-state index < -0.39 is 10.0 Å². The van der Waals surface area contributed by atoms with Crippen LogP contribution in [0.2, 0.25) is 10.0 Å². The van der Waals surface area contributed by atoms with Crippen LogP contribution in [0.1, 0.15) is 26.7 Å². The zero-order valence-electron chi connectivity index (χ0n) is 14.0. The third-order valence-corrected chi connectivity index (χ3v) is 6.71. The number of amides is 1. The van der Waals surface area contributed by atoms with E-state index in [9.17, 15) is 13.2 Å². The number of halogens is 2. The first-order valence-corrected chi connectivity index (χ1v) is 10.1. The van der Waals surface area contributed by atoms with Gasteiger partial charge in [-0.25, -0.2) is 8.42 Å². The molecule has 1 heterocycles. The summed E-state index contributed by atoms with van der Waals surface area (Å²) in [5.74, 6) is -0.0559. The van der Waals surface area contributed by atoms with Gasteiger partial charge >= 0.3 is 0 Å². The van der Waals surface area contributed by atoms with Crippen molar-refractivity contribution in [3.63, 3.8) is 0 Å². The molecule has 8 heteroatoms. The average molecular weight is 393 g/mol. The summed E-state index contributed by atoms with van der Waals surface area (Å²) >= 11 is 11.8. The number of rotatable bonds is 4. The summed E-state index contributed by atoms with van der Waals surface area (Å²) in [4.78, 5) is 14.2. The fourth-order valence-corrected chi connectivity index (χ4v) is 4.91. The van der Waals surface area contributed by atoms with E-state index in [1.54, 1.807) is 11.9 Å². The van der Waals surface area contributed by atoms with Gasteiger partial charge in [-0.1, -0.05) is 23.2 Å². The fourth-order valence-electron chi connectivity index (χ4n) is 2.71. The lowest BCUT2D eigenvalue weighted by molar-refractivity contribution is -0.136. The van der Waals surface area contributed by atoms with Gasteiger partial charge in [0, 0.05) is 42.1 Å². The van der Waals surface area contributed by atoms with Crippen LogP contribution in [0.25, 0.3) is 0 Å².